The maximum Gasteiger partial charge on any atom is 0.0431 e. The van der Waals surface area contributed by atoms with Crippen LogP contribution in [0.4, 0.5) is 0 Å². The molecule has 1 aliphatic rings. The summed E-state index contributed by atoms with van der Waals surface area (Å²) in [5.41, 5.74) is 0. The molecule has 0 bridgehead atoms. The van der Waals surface area contributed by atoms with Crippen molar-refractivity contribution in [1.29, 1.82) is 0 Å². The lowest BCUT2D eigenvalue weighted by Crippen LogP contribution is -2.35. The first kappa shape index (κ1) is 3.38. The van der Waals surface area contributed by atoms with E-state index < -0.39 is 13.0 Å². The third kappa shape index (κ3) is 1.98. The quantitative estimate of drug-likeness (QED) is 0.525. The van der Waals surface area contributed by atoms with Crippen LogP contribution in [0.5, 0.6) is 0 Å². The molecule has 1 saturated heterocycles. The van der Waals surface area contributed by atoms with Crippen molar-refractivity contribution in [3.05, 3.63) is 0 Å². The Morgan fingerprint density at radius 2 is 1.78 bits per heavy atom. The van der Waals surface area contributed by atoms with E-state index in [1.807, 2.05) is 13.8 Å². The number of likely N-dealkylation sites (tertiary alicyclic amines) is 1. The topological polar surface area (TPSA) is 3.24 Å². The minimum Gasteiger partial charge on any atom is -0.301 e. The van der Waals surface area contributed by atoms with Crippen LogP contribution < -0.4 is 0 Å². The summed E-state index contributed by atoms with van der Waals surface area (Å²) < 4.78 is 30.9. The van der Waals surface area contributed by atoms with Gasteiger partial charge in [-0.15, -0.1) is 0 Å². The number of piperidine rings is 1. The summed E-state index contributed by atoms with van der Waals surface area (Å²) in [6, 6.07) is -0.0923. The van der Waals surface area contributed by atoms with Gasteiger partial charge in [-0.1, -0.05) is 6.42 Å². The number of hydrogen-bond donors (Lipinski definition) is 0. The molecule has 1 fully saturated rings. The second kappa shape index (κ2) is 3.21. The zero-order chi connectivity index (χ0) is 10.3. The summed E-state index contributed by atoms with van der Waals surface area (Å²) in [6.45, 7) is 0.688. The fraction of sp³-hybridized carbons (Fsp3) is 1.00. The van der Waals surface area contributed by atoms with E-state index in [2.05, 4.69) is 0 Å². The number of hydrogen-bond acceptors (Lipinski definition) is 1. The predicted molar refractivity (Wildman–Crippen MR) is 40.6 cm³/mol. The van der Waals surface area contributed by atoms with Crippen molar-refractivity contribution in [3.63, 3.8) is 0 Å². The lowest BCUT2D eigenvalue weighted by atomic mass is 10.1. The third-order valence-corrected chi connectivity index (χ3v) is 1.43. The molecule has 1 heterocycles. The molecule has 0 spiro atoms. The van der Waals surface area contributed by atoms with Crippen LogP contribution >= 0.6 is 0 Å². The van der Waals surface area contributed by atoms with E-state index in [0.717, 1.165) is 0 Å². The molecule has 0 aliphatic carbocycles. The van der Waals surface area contributed by atoms with Crippen LogP contribution in [0, 0.1) is 0 Å². The van der Waals surface area contributed by atoms with Crippen molar-refractivity contribution in [2.75, 3.05) is 13.0 Å². The standard InChI is InChI=1S/C8H17N/c1-8(2)9-6-4-3-5-7-9/h8H,3-7H2,1-2H3/i6D2,7D2. The smallest absolute Gasteiger partial charge is 0.0431 e. The van der Waals surface area contributed by atoms with Gasteiger partial charge in [-0.2, -0.15) is 0 Å². The normalized spacial score (nSPS) is 40.8. The molecular formula is C8H17N. The fourth-order valence-electron chi connectivity index (χ4n) is 0.908. The molecule has 1 aliphatic heterocycles. The van der Waals surface area contributed by atoms with Gasteiger partial charge in [0, 0.05) is 11.5 Å². The lowest BCUT2D eigenvalue weighted by Gasteiger charge is -2.29. The van der Waals surface area contributed by atoms with E-state index in [4.69, 9.17) is 5.48 Å². The van der Waals surface area contributed by atoms with E-state index in [9.17, 15) is 0 Å². The largest absolute Gasteiger partial charge is 0.301 e. The summed E-state index contributed by atoms with van der Waals surface area (Å²) in [5.74, 6) is 0. The lowest BCUT2D eigenvalue weighted by molar-refractivity contribution is 0.185. The summed E-state index contributed by atoms with van der Waals surface area (Å²) in [5, 5.41) is 0. The molecule has 0 aromatic rings. The molecule has 0 N–H and O–H groups in total. The highest BCUT2D eigenvalue weighted by Gasteiger charge is 2.11. The van der Waals surface area contributed by atoms with Crippen molar-refractivity contribution in [2.24, 2.45) is 0 Å². The molecule has 0 aromatic heterocycles. The van der Waals surface area contributed by atoms with Gasteiger partial charge in [0.25, 0.3) is 0 Å². The van der Waals surface area contributed by atoms with Crippen LogP contribution in [0.25, 0.3) is 0 Å². The molecule has 0 atom stereocenters. The van der Waals surface area contributed by atoms with Crippen LogP contribution in [0.2, 0.25) is 0 Å². The van der Waals surface area contributed by atoms with Gasteiger partial charge in [0.1, 0.15) is 0 Å². The van der Waals surface area contributed by atoms with E-state index in [0.29, 0.717) is 19.3 Å². The van der Waals surface area contributed by atoms with Gasteiger partial charge in [-0.3, -0.25) is 0 Å². The maximum absolute atomic E-state index is 7.72. The summed E-state index contributed by atoms with van der Waals surface area (Å²) >= 11 is 0. The minimum atomic E-state index is -1.49. The molecule has 0 saturated carbocycles. The zero-order valence-corrected chi connectivity index (χ0v) is 6.15. The first-order chi connectivity index (χ1) is 5.77. The van der Waals surface area contributed by atoms with Crippen LogP contribution in [-0.4, -0.2) is 23.9 Å². The number of nitrogens with zero attached hydrogens (tertiary/aromatic N) is 1. The van der Waals surface area contributed by atoms with Gasteiger partial charge in [0.05, 0.1) is 0 Å². The van der Waals surface area contributed by atoms with Crippen LogP contribution in [-0.2, 0) is 0 Å². The fourth-order valence-corrected chi connectivity index (χ4v) is 0.908. The van der Waals surface area contributed by atoms with Crippen molar-refractivity contribution >= 4 is 0 Å². The van der Waals surface area contributed by atoms with Gasteiger partial charge >= 0.3 is 0 Å². The van der Waals surface area contributed by atoms with Gasteiger partial charge in [-0.05, 0) is 39.7 Å². The Morgan fingerprint density at radius 1 is 1.22 bits per heavy atom. The van der Waals surface area contributed by atoms with Crippen LogP contribution in [0.3, 0.4) is 0 Å². The zero-order valence-electron chi connectivity index (χ0n) is 10.1. The molecule has 9 heavy (non-hydrogen) atoms. The van der Waals surface area contributed by atoms with Gasteiger partial charge < -0.3 is 4.90 Å². The molecule has 0 radical (unpaired) electrons. The predicted octanol–water partition coefficient (Wildman–Crippen LogP) is 1.88. The van der Waals surface area contributed by atoms with Crippen LogP contribution in [0.1, 0.15) is 38.6 Å². The van der Waals surface area contributed by atoms with E-state index in [1.54, 1.807) is 0 Å². The average Bonchev–Trinajstić information content (AvgIpc) is 1.79. The van der Waals surface area contributed by atoms with Gasteiger partial charge in [0.15, 0.2) is 0 Å². The molecule has 0 unspecified atom stereocenters. The average molecular weight is 131 g/mol. The molecule has 1 heteroatoms. The Balaban J connectivity index is 2.91. The first-order valence-electron chi connectivity index (χ1n) is 5.57. The van der Waals surface area contributed by atoms with E-state index >= 15 is 0 Å². The number of rotatable bonds is 1. The Hall–Kier alpha value is -0.0400. The Labute approximate surface area is 63.7 Å². The van der Waals surface area contributed by atoms with E-state index in [1.165, 1.54) is 4.90 Å². The van der Waals surface area contributed by atoms with Crippen molar-refractivity contribution in [1.82, 2.24) is 4.90 Å². The second-order valence-corrected chi connectivity index (χ2v) is 2.63. The molecule has 1 rings (SSSR count). The van der Waals surface area contributed by atoms with Gasteiger partial charge in [-0.25, -0.2) is 0 Å². The van der Waals surface area contributed by atoms with Crippen molar-refractivity contribution in [2.45, 2.75) is 39.2 Å². The first-order valence-corrected chi connectivity index (χ1v) is 3.57. The Kier molecular flexibility index (Phi) is 1.21. The monoisotopic (exact) mass is 131 g/mol. The third-order valence-electron chi connectivity index (χ3n) is 1.43. The Morgan fingerprint density at radius 3 is 2.11 bits per heavy atom. The van der Waals surface area contributed by atoms with E-state index in [-0.39, 0.29) is 6.04 Å². The van der Waals surface area contributed by atoms with Gasteiger partial charge in [0.2, 0.25) is 0 Å². The van der Waals surface area contributed by atoms with Crippen molar-refractivity contribution < 1.29 is 5.48 Å². The summed E-state index contributed by atoms with van der Waals surface area (Å²) in [6.07, 6.45) is 1.50. The SMILES string of the molecule is [2H]C1([2H])CCCC([2H])([2H])N1C(C)C. The molecule has 54 valence electrons. The maximum atomic E-state index is 7.72. The highest BCUT2D eigenvalue weighted by atomic mass is 15.1. The summed E-state index contributed by atoms with van der Waals surface area (Å²) in [7, 11) is 0. The minimum absolute atomic E-state index is 0.0923. The highest BCUT2D eigenvalue weighted by Crippen LogP contribution is 2.10. The molecule has 0 aromatic carbocycles. The Bertz CT molecular complexity index is 175. The molecule has 1 nitrogen and oxygen atoms in total. The highest BCUT2D eigenvalue weighted by molar-refractivity contribution is 4.67. The van der Waals surface area contributed by atoms with Crippen LogP contribution in [0.15, 0.2) is 0 Å². The van der Waals surface area contributed by atoms with Crippen molar-refractivity contribution in [3.8, 4) is 0 Å². The molecular weight excluding hydrogens is 110 g/mol. The summed E-state index contributed by atoms with van der Waals surface area (Å²) in [4.78, 5) is 1.35. The molecule has 0 amide bonds. The second-order valence-electron chi connectivity index (χ2n) is 2.63.